The Balaban J connectivity index is 1.59. The van der Waals surface area contributed by atoms with Crippen molar-refractivity contribution in [1.29, 1.82) is 0 Å². The minimum atomic E-state index is 0.857. The Labute approximate surface area is 123 Å². The lowest BCUT2D eigenvalue weighted by molar-refractivity contribution is -1.00. The van der Waals surface area contributed by atoms with Crippen LogP contribution in [0.4, 0.5) is 0 Å². The van der Waals surface area contributed by atoms with E-state index in [4.69, 9.17) is 4.74 Å². The predicted octanol–water partition coefficient (Wildman–Crippen LogP) is -0.179. The van der Waals surface area contributed by atoms with Crippen LogP contribution < -0.4 is 14.5 Å². The van der Waals surface area contributed by atoms with E-state index < -0.39 is 0 Å². The van der Waals surface area contributed by atoms with Gasteiger partial charge in [-0.15, -0.1) is 0 Å². The molecule has 3 heteroatoms. The zero-order chi connectivity index (χ0) is 14.2. The van der Waals surface area contributed by atoms with Gasteiger partial charge in [0.1, 0.15) is 31.9 Å². The summed E-state index contributed by atoms with van der Waals surface area (Å²) in [5.74, 6) is 1.07. The third-order valence-electron chi connectivity index (χ3n) is 4.35. The van der Waals surface area contributed by atoms with Crippen LogP contribution in [0, 0.1) is 0 Å². The average Bonchev–Trinajstić information content (AvgIpc) is 2.49. The van der Waals surface area contributed by atoms with Gasteiger partial charge >= 0.3 is 0 Å². The molecule has 3 nitrogen and oxygen atoms in total. The van der Waals surface area contributed by atoms with E-state index in [1.807, 2.05) is 0 Å². The fourth-order valence-corrected chi connectivity index (χ4v) is 2.88. The fourth-order valence-electron chi connectivity index (χ4n) is 2.88. The van der Waals surface area contributed by atoms with E-state index in [0.29, 0.717) is 0 Å². The number of nitrogens with one attached hydrogen (secondary N) is 2. The Hall–Kier alpha value is -1.06. The summed E-state index contributed by atoms with van der Waals surface area (Å²) < 4.78 is 5.92. The lowest BCUT2D eigenvalue weighted by Gasteiger charge is -2.27. The molecule has 2 rings (SSSR count). The maximum atomic E-state index is 5.92. The van der Waals surface area contributed by atoms with Gasteiger partial charge in [-0.3, -0.25) is 0 Å². The molecule has 0 spiro atoms. The second-order valence-electron chi connectivity index (χ2n) is 5.97. The van der Waals surface area contributed by atoms with Crippen molar-refractivity contribution in [2.45, 2.75) is 26.2 Å². The highest BCUT2D eigenvalue weighted by molar-refractivity contribution is 5.33. The first kappa shape index (κ1) is 15.3. The van der Waals surface area contributed by atoms with Crippen molar-refractivity contribution in [2.24, 2.45) is 0 Å². The van der Waals surface area contributed by atoms with Crippen LogP contribution in [0.25, 0.3) is 0 Å². The first-order valence-electron chi connectivity index (χ1n) is 8.15. The number of rotatable bonds is 7. The molecule has 1 saturated heterocycles. The van der Waals surface area contributed by atoms with E-state index in [-0.39, 0.29) is 0 Å². The highest BCUT2D eigenvalue weighted by Gasteiger charge is 2.18. The minimum Gasteiger partial charge on any atom is -0.493 e. The van der Waals surface area contributed by atoms with Gasteiger partial charge in [-0.2, -0.15) is 0 Å². The molecule has 0 saturated carbocycles. The molecule has 1 aromatic carbocycles. The molecule has 1 aliphatic rings. The monoisotopic (exact) mass is 278 g/mol. The average molecular weight is 278 g/mol. The van der Waals surface area contributed by atoms with Gasteiger partial charge in [-0.1, -0.05) is 25.1 Å². The molecule has 1 aromatic rings. The quantitative estimate of drug-likeness (QED) is 0.662. The van der Waals surface area contributed by atoms with Crippen LogP contribution in [0.1, 0.15) is 25.3 Å². The minimum absolute atomic E-state index is 0.857. The lowest BCUT2D eigenvalue weighted by Crippen LogP contribution is -3.27. The van der Waals surface area contributed by atoms with Gasteiger partial charge in [0.05, 0.1) is 20.2 Å². The summed E-state index contributed by atoms with van der Waals surface area (Å²) in [5.41, 5.74) is 1.32. The van der Waals surface area contributed by atoms with Crippen LogP contribution in [-0.2, 0) is 6.42 Å². The normalized spacial score (nSPS) is 22.7. The molecule has 2 N–H and O–H groups in total. The molecule has 0 unspecified atom stereocenters. The molecule has 0 aliphatic carbocycles. The van der Waals surface area contributed by atoms with Crippen molar-refractivity contribution >= 4 is 0 Å². The van der Waals surface area contributed by atoms with Crippen LogP contribution in [0.3, 0.4) is 0 Å². The summed E-state index contributed by atoms with van der Waals surface area (Å²) in [6.07, 6.45) is 3.50. The molecule has 0 bridgehead atoms. The van der Waals surface area contributed by atoms with Crippen LogP contribution in [-0.4, -0.2) is 46.4 Å². The van der Waals surface area contributed by atoms with Crippen LogP contribution in [0.15, 0.2) is 24.3 Å². The number of para-hydroxylation sites is 1. The maximum absolute atomic E-state index is 5.92. The standard InChI is InChI=1S/C17H28N2O/c1-3-16-8-4-5-9-17(16)20-15-7-6-10-19-13-11-18(2)12-14-19/h4-5,8-9H,3,6-7,10-15H2,1-2H3/p+2. The molecular formula is C17H30N2O+2. The van der Waals surface area contributed by atoms with Crippen molar-refractivity contribution in [3.8, 4) is 5.75 Å². The van der Waals surface area contributed by atoms with Crippen molar-refractivity contribution in [2.75, 3.05) is 46.4 Å². The summed E-state index contributed by atoms with van der Waals surface area (Å²) in [7, 11) is 2.30. The summed E-state index contributed by atoms with van der Waals surface area (Å²) in [5, 5.41) is 0. The Bertz CT molecular complexity index is 386. The Morgan fingerprint density at radius 2 is 1.80 bits per heavy atom. The van der Waals surface area contributed by atoms with E-state index in [0.717, 1.165) is 18.8 Å². The second-order valence-corrected chi connectivity index (χ2v) is 5.97. The van der Waals surface area contributed by atoms with Crippen molar-refractivity contribution in [3.63, 3.8) is 0 Å². The second kappa shape index (κ2) is 8.28. The van der Waals surface area contributed by atoms with E-state index in [2.05, 4.69) is 38.2 Å². The smallest absolute Gasteiger partial charge is 0.127 e. The van der Waals surface area contributed by atoms with Crippen molar-refractivity contribution < 1.29 is 14.5 Å². The topological polar surface area (TPSA) is 18.1 Å². The third-order valence-corrected chi connectivity index (χ3v) is 4.35. The molecule has 1 fully saturated rings. The zero-order valence-electron chi connectivity index (χ0n) is 13.1. The molecule has 0 radical (unpaired) electrons. The predicted molar refractivity (Wildman–Crippen MR) is 82.7 cm³/mol. The zero-order valence-corrected chi connectivity index (χ0v) is 13.1. The van der Waals surface area contributed by atoms with Gasteiger partial charge in [0.2, 0.25) is 0 Å². The SMILES string of the molecule is CCc1ccccc1OCCCC[NH+]1CC[NH+](C)CC1. The first-order valence-corrected chi connectivity index (χ1v) is 8.15. The number of likely N-dealkylation sites (N-methyl/N-ethyl adjacent to an activating group) is 1. The van der Waals surface area contributed by atoms with Gasteiger partial charge in [0.15, 0.2) is 0 Å². The summed E-state index contributed by atoms with van der Waals surface area (Å²) >= 11 is 0. The number of aryl methyl sites for hydroxylation is 1. The molecule has 112 valence electrons. The number of ether oxygens (including phenoxy) is 1. The van der Waals surface area contributed by atoms with Gasteiger partial charge in [0, 0.05) is 0 Å². The first-order chi connectivity index (χ1) is 9.79. The summed E-state index contributed by atoms with van der Waals surface area (Å²) in [6.45, 7) is 9.69. The van der Waals surface area contributed by atoms with Gasteiger partial charge < -0.3 is 14.5 Å². The van der Waals surface area contributed by atoms with Gasteiger partial charge in [-0.05, 0) is 30.9 Å². The van der Waals surface area contributed by atoms with E-state index in [1.165, 1.54) is 51.1 Å². The highest BCUT2D eigenvalue weighted by Crippen LogP contribution is 2.18. The molecule has 20 heavy (non-hydrogen) atoms. The largest absolute Gasteiger partial charge is 0.493 e. The molecule has 0 amide bonds. The summed E-state index contributed by atoms with van der Waals surface area (Å²) in [6, 6.07) is 8.40. The molecule has 1 aliphatic heterocycles. The molecular weight excluding hydrogens is 248 g/mol. The Kier molecular flexibility index (Phi) is 6.34. The number of hydrogen-bond donors (Lipinski definition) is 2. The number of hydrogen-bond acceptors (Lipinski definition) is 1. The van der Waals surface area contributed by atoms with E-state index >= 15 is 0 Å². The number of quaternary nitrogens is 2. The maximum Gasteiger partial charge on any atom is 0.127 e. The number of benzene rings is 1. The van der Waals surface area contributed by atoms with Crippen LogP contribution >= 0.6 is 0 Å². The molecule has 1 heterocycles. The van der Waals surface area contributed by atoms with Crippen LogP contribution in [0.2, 0.25) is 0 Å². The van der Waals surface area contributed by atoms with Gasteiger partial charge in [0.25, 0.3) is 0 Å². The van der Waals surface area contributed by atoms with E-state index in [1.54, 1.807) is 9.80 Å². The summed E-state index contributed by atoms with van der Waals surface area (Å²) in [4.78, 5) is 3.47. The van der Waals surface area contributed by atoms with Gasteiger partial charge in [-0.25, -0.2) is 0 Å². The van der Waals surface area contributed by atoms with Crippen molar-refractivity contribution in [1.82, 2.24) is 0 Å². The molecule has 0 aromatic heterocycles. The third kappa shape index (κ3) is 4.80. The van der Waals surface area contributed by atoms with Crippen molar-refractivity contribution in [3.05, 3.63) is 29.8 Å². The Morgan fingerprint density at radius 1 is 1.05 bits per heavy atom. The highest BCUT2D eigenvalue weighted by atomic mass is 16.5. The lowest BCUT2D eigenvalue weighted by atomic mass is 10.1. The Morgan fingerprint density at radius 3 is 2.55 bits per heavy atom. The number of unbranched alkanes of at least 4 members (excludes halogenated alkanes) is 1. The molecule has 0 atom stereocenters. The number of piperazine rings is 1. The van der Waals surface area contributed by atoms with Crippen LogP contribution in [0.5, 0.6) is 5.75 Å². The van der Waals surface area contributed by atoms with E-state index in [9.17, 15) is 0 Å². The fraction of sp³-hybridized carbons (Fsp3) is 0.647.